The Morgan fingerprint density at radius 1 is 1.09 bits per heavy atom. The molecule has 0 aliphatic carbocycles. The minimum Gasteiger partial charge on any atom is -0.488 e. The Morgan fingerprint density at radius 3 is 2.53 bits per heavy atom. The van der Waals surface area contributed by atoms with Crippen molar-refractivity contribution >= 4 is 22.9 Å². The Morgan fingerprint density at radius 2 is 1.84 bits per heavy atom. The highest BCUT2D eigenvalue weighted by atomic mass is 16.5. The fourth-order valence-corrected chi connectivity index (χ4v) is 3.81. The van der Waals surface area contributed by atoms with Crippen molar-refractivity contribution in [1.29, 1.82) is 0 Å². The molecular formula is C27H35NO4. The van der Waals surface area contributed by atoms with Gasteiger partial charge in [-0.1, -0.05) is 61.9 Å². The van der Waals surface area contributed by atoms with Crippen LogP contribution in [0.5, 0.6) is 5.75 Å². The predicted molar refractivity (Wildman–Crippen MR) is 131 cm³/mol. The quantitative estimate of drug-likeness (QED) is 0.402. The summed E-state index contributed by atoms with van der Waals surface area (Å²) < 4.78 is 10.6. The highest BCUT2D eigenvalue weighted by molar-refractivity contribution is 5.98. The van der Waals surface area contributed by atoms with Crippen molar-refractivity contribution < 1.29 is 19.4 Å². The summed E-state index contributed by atoms with van der Waals surface area (Å²) in [6.07, 6.45) is 3.17. The molecule has 1 N–H and O–H groups in total. The van der Waals surface area contributed by atoms with E-state index in [4.69, 9.17) is 9.84 Å². The van der Waals surface area contributed by atoms with Crippen LogP contribution >= 0.6 is 0 Å². The smallest absolute Gasteiger partial charge is 0.293 e. The molecule has 0 saturated carbocycles. The molecule has 0 atom stereocenters. The second kappa shape index (κ2) is 13.4. The highest BCUT2D eigenvalue weighted by Gasteiger charge is 2.22. The van der Waals surface area contributed by atoms with E-state index in [-0.39, 0.29) is 0 Å². The predicted octanol–water partition coefficient (Wildman–Crippen LogP) is 5.29. The van der Waals surface area contributed by atoms with Crippen LogP contribution in [0.15, 0.2) is 54.6 Å². The summed E-state index contributed by atoms with van der Waals surface area (Å²) in [6.45, 7) is 6.99. The van der Waals surface area contributed by atoms with Crippen molar-refractivity contribution in [3.05, 3.63) is 71.3 Å². The first-order valence-corrected chi connectivity index (χ1v) is 11.1. The van der Waals surface area contributed by atoms with Gasteiger partial charge >= 0.3 is 0 Å². The largest absolute Gasteiger partial charge is 0.488 e. The summed E-state index contributed by atoms with van der Waals surface area (Å²) in [5.74, 6) is 0.986. The number of benzene rings is 3. The lowest BCUT2D eigenvalue weighted by Crippen LogP contribution is -2.12. The molecule has 0 bridgehead atoms. The number of hydrogen-bond acceptors (Lipinski definition) is 5. The van der Waals surface area contributed by atoms with Crippen molar-refractivity contribution in [3.8, 4) is 5.75 Å². The summed E-state index contributed by atoms with van der Waals surface area (Å²) in [5.41, 5.74) is 5.31. The zero-order valence-electron chi connectivity index (χ0n) is 19.6. The number of rotatable bonds is 7. The number of carbonyl (C=O) groups is 1. The normalized spacial score (nSPS) is 11.6. The molecule has 3 aromatic carbocycles. The number of fused-ring (bicyclic) bond motifs is 3. The van der Waals surface area contributed by atoms with Crippen LogP contribution < -0.4 is 9.64 Å². The van der Waals surface area contributed by atoms with E-state index < -0.39 is 0 Å². The minimum atomic E-state index is 0.482. The summed E-state index contributed by atoms with van der Waals surface area (Å²) in [6, 6.07) is 19.1. The van der Waals surface area contributed by atoms with Gasteiger partial charge in [0.05, 0.1) is 6.61 Å². The number of aliphatic hydroxyl groups is 1. The van der Waals surface area contributed by atoms with E-state index >= 15 is 0 Å². The molecule has 32 heavy (non-hydrogen) atoms. The van der Waals surface area contributed by atoms with Gasteiger partial charge in [0.2, 0.25) is 0 Å². The van der Waals surface area contributed by atoms with E-state index in [1.807, 2.05) is 13.0 Å². The first kappa shape index (κ1) is 25.2. The number of aliphatic hydroxyl groups excluding tert-OH is 1. The van der Waals surface area contributed by atoms with Crippen LogP contribution in [0, 0.1) is 6.92 Å². The van der Waals surface area contributed by atoms with Gasteiger partial charge in [-0.2, -0.15) is 0 Å². The van der Waals surface area contributed by atoms with Gasteiger partial charge < -0.3 is 19.5 Å². The monoisotopic (exact) mass is 437 g/mol. The number of hydrogen-bond donors (Lipinski definition) is 1. The van der Waals surface area contributed by atoms with Crippen LogP contribution in [0.3, 0.4) is 0 Å². The molecule has 3 aromatic rings. The number of aryl methyl sites for hydroxylation is 1. The number of carbonyl (C=O) groups excluding carboxylic acids is 1. The van der Waals surface area contributed by atoms with Gasteiger partial charge in [-0.15, -0.1) is 0 Å². The summed E-state index contributed by atoms with van der Waals surface area (Å²) in [4.78, 5) is 11.8. The van der Waals surface area contributed by atoms with Crippen LogP contribution in [0.25, 0.3) is 10.8 Å². The summed E-state index contributed by atoms with van der Waals surface area (Å²) in [5, 5.41) is 9.60. The van der Waals surface area contributed by atoms with Gasteiger partial charge in [-0.3, -0.25) is 4.79 Å². The standard InChI is InChI=1S/C21H21NO.C5H10O2.CH4O/c1-15-7-6-10-18-20(23-14-16-8-4-3-5-9-16)13-19-17(21(15)18)11-12-22(19)2;1-2-3-4-7-5-6;1-2/h3-10,13H,11-12,14H2,1-2H3;5H,2-4H2,1H3;2H,1H3. The number of unbranched alkanes of at least 4 members (excludes halogenated alkanes) is 1. The maximum Gasteiger partial charge on any atom is 0.293 e. The maximum absolute atomic E-state index is 9.46. The lowest BCUT2D eigenvalue weighted by Gasteiger charge is -2.17. The zero-order valence-corrected chi connectivity index (χ0v) is 19.6. The Balaban J connectivity index is 0.000000348. The minimum absolute atomic E-state index is 0.482. The second-order valence-corrected chi connectivity index (χ2v) is 7.64. The maximum atomic E-state index is 9.46. The molecule has 0 fully saturated rings. The SMILES string of the molecule is CCCCOC=O.CO.Cc1cccc2c(OCc3ccccc3)cc3c(c12)CCN3C. The zero-order chi connectivity index (χ0) is 23.3. The average molecular weight is 438 g/mol. The van der Waals surface area contributed by atoms with E-state index in [1.165, 1.54) is 33.2 Å². The molecule has 0 aromatic heterocycles. The fourth-order valence-electron chi connectivity index (χ4n) is 3.81. The van der Waals surface area contributed by atoms with E-state index in [2.05, 4.69) is 72.1 Å². The molecule has 0 spiro atoms. The van der Waals surface area contributed by atoms with E-state index in [0.717, 1.165) is 38.7 Å². The van der Waals surface area contributed by atoms with Gasteiger partial charge in [0.1, 0.15) is 12.4 Å². The molecule has 0 amide bonds. The fraction of sp³-hybridized carbons (Fsp3) is 0.370. The van der Waals surface area contributed by atoms with Crippen LogP contribution in [-0.2, 0) is 22.6 Å². The van der Waals surface area contributed by atoms with Crippen LogP contribution in [0.4, 0.5) is 5.69 Å². The second-order valence-electron chi connectivity index (χ2n) is 7.64. The van der Waals surface area contributed by atoms with Crippen LogP contribution in [-0.4, -0.2) is 38.9 Å². The average Bonchev–Trinajstić information content (AvgIpc) is 3.20. The molecule has 0 unspecified atom stereocenters. The Hall–Kier alpha value is -3.05. The Labute approximate surface area is 191 Å². The van der Waals surface area contributed by atoms with E-state index in [0.29, 0.717) is 19.7 Å². The molecule has 0 radical (unpaired) electrons. The van der Waals surface area contributed by atoms with Gasteiger partial charge in [-0.25, -0.2) is 0 Å². The number of ether oxygens (including phenoxy) is 2. The molecule has 1 heterocycles. The van der Waals surface area contributed by atoms with Crippen molar-refractivity contribution in [3.63, 3.8) is 0 Å². The van der Waals surface area contributed by atoms with E-state index in [1.54, 1.807) is 0 Å². The number of likely N-dealkylation sites (N-methyl/N-ethyl adjacent to an activating group) is 1. The number of anilines is 1. The molecule has 172 valence electrons. The van der Waals surface area contributed by atoms with Gasteiger partial charge in [0.25, 0.3) is 6.47 Å². The summed E-state index contributed by atoms with van der Waals surface area (Å²) >= 11 is 0. The molecule has 5 heteroatoms. The molecular weight excluding hydrogens is 402 g/mol. The van der Waals surface area contributed by atoms with Crippen molar-refractivity contribution in [1.82, 2.24) is 0 Å². The van der Waals surface area contributed by atoms with Gasteiger partial charge in [0.15, 0.2) is 0 Å². The first-order valence-electron chi connectivity index (χ1n) is 11.1. The molecule has 4 rings (SSSR count). The number of nitrogens with zero attached hydrogens (tertiary/aromatic N) is 1. The van der Waals surface area contributed by atoms with Crippen molar-refractivity contribution in [2.75, 3.05) is 32.2 Å². The Bertz CT molecular complexity index is 972. The highest BCUT2D eigenvalue weighted by Crippen LogP contribution is 2.41. The molecule has 1 aliphatic rings. The lowest BCUT2D eigenvalue weighted by atomic mass is 9.97. The van der Waals surface area contributed by atoms with Gasteiger partial charge in [0, 0.05) is 37.8 Å². The third-order valence-electron chi connectivity index (χ3n) is 5.45. The molecule has 5 nitrogen and oxygen atoms in total. The molecule has 1 aliphatic heterocycles. The Kier molecular flexibility index (Phi) is 10.5. The molecule has 0 saturated heterocycles. The van der Waals surface area contributed by atoms with Gasteiger partial charge in [-0.05, 0) is 41.8 Å². The third kappa shape index (κ3) is 6.47. The van der Waals surface area contributed by atoms with Crippen molar-refractivity contribution in [2.45, 2.75) is 39.7 Å². The van der Waals surface area contributed by atoms with Crippen molar-refractivity contribution in [2.24, 2.45) is 0 Å². The lowest BCUT2D eigenvalue weighted by molar-refractivity contribution is -0.128. The topological polar surface area (TPSA) is 59.0 Å². The summed E-state index contributed by atoms with van der Waals surface area (Å²) in [7, 11) is 3.16. The third-order valence-corrected chi connectivity index (χ3v) is 5.45. The van der Waals surface area contributed by atoms with Crippen LogP contribution in [0.1, 0.15) is 36.5 Å². The van der Waals surface area contributed by atoms with Crippen LogP contribution in [0.2, 0.25) is 0 Å². The van der Waals surface area contributed by atoms with E-state index in [9.17, 15) is 4.79 Å². The first-order chi connectivity index (χ1) is 15.7.